The summed E-state index contributed by atoms with van der Waals surface area (Å²) in [5.74, 6) is 1.07. The maximum Gasteiger partial charge on any atom is 0.161 e. The van der Waals surface area contributed by atoms with Crippen molar-refractivity contribution in [1.82, 2.24) is 5.32 Å². The lowest BCUT2D eigenvalue weighted by molar-refractivity contribution is -0.120. The molecule has 2 unspecified atom stereocenters. The van der Waals surface area contributed by atoms with Crippen LogP contribution in [0.3, 0.4) is 0 Å². The lowest BCUT2D eigenvalue weighted by Gasteiger charge is -2.34. The van der Waals surface area contributed by atoms with Gasteiger partial charge < -0.3 is 5.32 Å². The smallest absolute Gasteiger partial charge is 0.161 e. The molecule has 2 nitrogen and oxygen atoms in total. The average molecular weight is 303 g/mol. The van der Waals surface area contributed by atoms with Crippen LogP contribution in [0.4, 0.5) is 0 Å². The summed E-state index contributed by atoms with van der Waals surface area (Å²) in [6.45, 7) is 6.64. The summed E-state index contributed by atoms with van der Waals surface area (Å²) in [5, 5.41) is 5.70. The Labute approximate surface area is 131 Å². The molecular formula is C18H25NOS. The van der Waals surface area contributed by atoms with Crippen molar-refractivity contribution in [2.45, 2.75) is 58.4 Å². The molecule has 1 aliphatic carbocycles. The topological polar surface area (TPSA) is 29.1 Å². The lowest BCUT2D eigenvalue weighted by atomic mass is 9.77. The van der Waals surface area contributed by atoms with E-state index in [-0.39, 0.29) is 11.5 Å². The Hall–Kier alpha value is -1.09. The number of hydrogen-bond donors (Lipinski definition) is 1. The van der Waals surface area contributed by atoms with Gasteiger partial charge in [-0.25, -0.2) is 0 Å². The van der Waals surface area contributed by atoms with Crippen molar-refractivity contribution < 1.29 is 4.79 Å². The van der Waals surface area contributed by atoms with Crippen molar-refractivity contribution in [3.8, 4) is 0 Å². The number of hydrogen-bond acceptors (Lipinski definition) is 3. The Morgan fingerprint density at radius 3 is 2.90 bits per heavy atom. The first-order chi connectivity index (χ1) is 9.96. The van der Waals surface area contributed by atoms with Crippen LogP contribution in [0.5, 0.6) is 0 Å². The second kappa shape index (κ2) is 5.60. The van der Waals surface area contributed by atoms with Gasteiger partial charge in [0.2, 0.25) is 0 Å². The molecule has 0 aromatic carbocycles. The van der Waals surface area contributed by atoms with E-state index in [1.165, 1.54) is 29.7 Å². The molecule has 0 saturated heterocycles. The Balaban J connectivity index is 1.87. The third-order valence-electron chi connectivity index (χ3n) is 4.87. The van der Waals surface area contributed by atoms with Gasteiger partial charge in [0, 0.05) is 40.1 Å². The van der Waals surface area contributed by atoms with Crippen LogP contribution in [0, 0.1) is 11.8 Å². The third kappa shape index (κ3) is 3.08. The second-order valence-corrected chi connectivity index (χ2v) is 8.27. The van der Waals surface area contributed by atoms with Gasteiger partial charge in [-0.05, 0) is 37.6 Å². The van der Waals surface area contributed by atoms with Gasteiger partial charge in [-0.2, -0.15) is 0 Å². The van der Waals surface area contributed by atoms with E-state index < -0.39 is 0 Å². The molecule has 0 bridgehead atoms. The number of carbonyl (C=O) groups is 1. The van der Waals surface area contributed by atoms with E-state index in [1.807, 2.05) is 6.08 Å². The van der Waals surface area contributed by atoms with Crippen LogP contribution in [0.2, 0.25) is 0 Å². The van der Waals surface area contributed by atoms with Crippen molar-refractivity contribution in [3.63, 3.8) is 0 Å². The van der Waals surface area contributed by atoms with Gasteiger partial charge in [0.25, 0.3) is 0 Å². The molecule has 1 fully saturated rings. The van der Waals surface area contributed by atoms with Gasteiger partial charge in [0.15, 0.2) is 5.78 Å². The zero-order valence-corrected chi connectivity index (χ0v) is 14.1. The van der Waals surface area contributed by atoms with Crippen LogP contribution in [0.1, 0.15) is 56.9 Å². The average Bonchev–Trinajstić information content (AvgIpc) is 2.85. The zero-order chi connectivity index (χ0) is 15.0. The minimum atomic E-state index is 0.0299. The van der Waals surface area contributed by atoms with E-state index in [9.17, 15) is 4.79 Å². The number of rotatable bonds is 2. The summed E-state index contributed by atoms with van der Waals surface area (Å²) in [4.78, 5) is 14.1. The molecule has 21 heavy (non-hydrogen) atoms. The predicted octanol–water partition coefficient (Wildman–Crippen LogP) is 4.41. The summed E-state index contributed by atoms with van der Waals surface area (Å²) in [5.41, 5.74) is 2.30. The maximum atomic E-state index is 12.7. The summed E-state index contributed by atoms with van der Waals surface area (Å²) in [7, 11) is 0. The van der Waals surface area contributed by atoms with Crippen LogP contribution < -0.4 is 5.32 Å². The van der Waals surface area contributed by atoms with Crippen LogP contribution in [0.15, 0.2) is 17.5 Å². The van der Waals surface area contributed by atoms with Crippen LogP contribution >= 0.6 is 11.3 Å². The fourth-order valence-electron chi connectivity index (χ4n) is 3.70. The minimum absolute atomic E-state index is 0.0299. The molecule has 1 saturated carbocycles. The molecule has 1 N–H and O–H groups in total. The molecule has 2 heterocycles. The summed E-state index contributed by atoms with van der Waals surface area (Å²) < 4.78 is 0. The standard InChI is InChI=1S/C18H25NOS/c1-12-6-4-5-7-13(12)16(20)10-15-14-8-9-21-17(14)11-18(2,3)19-15/h8-10,12-13,19H,4-7,11H2,1-3H3/b15-10+. The normalized spacial score (nSPS) is 29.8. The van der Waals surface area contributed by atoms with Gasteiger partial charge >= 0.3 is 0 Å². The molecule has 114 valence electrons. The van der Waals surface area contributed by atoms with Gasteiger partial charge in [-0.15, -0.1) is 11.3 Å². The van der Waals surface area contributed by atoms with Crippen molar-refractivity contribution in [1.29, 1.82) is 0 Å². The molecule has 0 spiro atoms. The van der Waals surface area contributed by atoms with Crippen LogP contribution in [-0.4, -0.2) is 11.3 Å². The highest BCUT2D eigenvalue weighted by Crippen LogP contribution is 2.35. The van der Waals surface area contributed by atoms with E-state index in [4.69, 9.17) is 0 Å². The van der Waals surface area contributed by atoms with E-state index in [0.717, 1.165) is 18.5 Å². The first-order valence-electron chi connectivity index (χ1n) is 8.07. The highest BCUT2D eigenvalue weighted by molar-refractivity contribution is 7.10. The third-order valence-corrected chi connectivity index (χ3v) is 5.80. The molecule has 0 amide bonds. The second-order valence-electron chi connectivity index (χ2n) is 7.27. The van der Waals surface area contributed by atoms with Gasteiger partial charge in [0.05, 0.1) is 0 Å². The van der Waals surface area contributed by atoms with Crippen molar-refractivity contribution in [3.05, 3.63) is 28.0 Å². The first-order valence-corrected chi connectivity index (χ1v) is 8.95. The fraction of sp³-hybridized carbons (Fsp3) is 0.611. The van der Waals surface area contributed by atoms with Crippen molar-refractivity contribution in [2.75, 3.05) is 0 Å². The molecular weight excluding hydrogens is 278 g/mol. The Kier molecular flexibility index (Phi) is 3.96. The molecule has 2 aliphatic rings. The van der Waals surface area contributed by atoms with E-state index in [0.29, 0.717) is 11.7 Å². The molecule has 1 aromatic heterocycles. The zero-order valence-electron chi connectivity index (χ0n) is 13.2. The SMILES string of the molecule is CC1CCCCC1C(=O)/C=C1/NC(C)(C)Cc2sccc21. The van der Waals surface area contributed by atoms with Gasteiger partial charge in [-0.1, -0.05) is 26.2 Å². The lowest BCUT2D eigenvalue weighted by Crippen LogP contribution is -2.43. The van der Waals surface area contributed by atoms with Crippen molar-refractivity contribution in [2.24, 2.45) is 11.8 Å². The van der Waals surface area contributed by atoms with Crippen LogP contribution in [0.25, 0.3) is 5.70 Å². The van der Waals surface area contributed by atoms with Gasteiger partial charge in [0.1, 0.15) is 0 Å². The molecule has 1 aromatic rings. The largest absolute Gasteiger partial charge is 0.379 e. The number of ketones is 1. The molecule has 0 radical (unpaired) electrons. The van der Waals surface area contributed by atoms with E-state index in [2.05, 4.69) is 37.5 Å². The predicted molar refractivity (Wildman–Crippen MR) is 89.3 cm³/mol. The minimum Gasteiger partial charge on any atom is -0.379 e. The number of thiophene rings is 1. The van der Waals surface area contributed by atoms with Crippen molar-refractivity contribution >= 4 is 22.8 Å². The van der Waals surface area contributed by atoms with E-state index in [1.54, 1.807) is 11.3 Å². The quantitative estimate of drug-likeness (QED) is 0.820. The monoisotopic (exact) mass is 303 g/mol. The Bertz CT molecular complexity index is 570. The van der Waals surface area contributed by atoms with Crippen LogP contribution in [-0.2, 0) is 11.2 Å². The Morgan fingerprint density at radius 1 is 1.38 bits per heavy atom. The number of fused-ring (bicyclic) bond motifs is 1. The highest BCUT2D eigenvalue weighted by atomic mass is 32.1. The number of nitrogens with one attached hydrogen (secondary N) is 1. The maximum absolute atomic E-state index is 12.7. The van der Waals surface area contributed by atoms with E-state index >= 15 is 0 Å². The number of carbonyl (C=O) groups excluding carboxylic acids is 1. The summed E-state index contributed by atoms with van der Waals surface area (Å²) in [6, 6.07) is 2.14. The first kappa shape index (κ1) is 14.8. The molecule has 2 atom stereocenters. The summed E-state index contributed by atoms with van der Waals surface area (Å²) >= 11 is 1.80. The summed E-state index contributed by atoms with van der Waals surface area (Å²) in [6.07, 6.45) is 7.66. The Morgan fingerprint density at radius 2 is 2.14 bits per heavy atom. The fourth-order valence-corrected chi connectivity index (χ4v) is 4.81. The van der Waals surface area contributed by atoms with Gasteiger partial charge in [-0.3, -0.25) is 4.79 Å². The molecule has 3 rings (SSSR count). The molecule has 3 heteroatoms. The highest BCUT2D eigenvalue weighted by Gasteiger charge is 2.31. The molecule has 1 aliphatic heterocycles. The number of allylic oxidation sites excluding steroid dienone is 1.